The van der Waals surface area contributed by atoms with Crippen LogP contribution in [-0.2, 0) is 13.0 Å². The molecular formula is C15H23N5. The lowest BCUT2D eigenvalue weighted by Gasteiger charge is -2.11. The highest BCUT2D eigenvalue weighted by molar-refractivity contribution is 5.53. The summed E-state index contributed by atoms with van der Waals surface area (Å²) in [4.78, 5) is 13.5. The summed E-state index contributed by atoms with van der Waals surface area (Å²) in [6, 6.07) is 2.02. The molecule has 5 nitrogen and oxygen atoms in total. The quantitative estimate of drug-likeness (QED) is 0.879. The molecular weight excluding hydrogens is 250 g/mol. The molecule has 2 rings (SSSR count). The van der Waals surface area contributed by atoms with Crippen LogP contribution in [0.3, 0.4) is 0 Å². The molecule has 0 aromatic carbocycles. The predicted molar refractivity (Wildman–Crippen MR) is 81.6 cm³/mol. The van der Waals surface area contributed by atoms with E-state index in [1.165, 1.54) is 0 Å². The Labute approximate surface area is 120 Å². The fourth-order valence-electron chi connectivity index (χ4n) is 2.19. The SMILES string of the molecule is CCCn1cncc1-c1nc(CC(C)C)cc(NC)n1. The number of rotatable bonds is 6. The average Bonchev–Trinajstić information content (AvgIpc) is 2.86. The Balaban J connectivity index is 2.41. The molecule has 20 heavy (non-hydrogen) atoms. The van der Waals surface area contributed by atoms with E-state index in [4.69, 9.17) is 4.98 Å². The van der Waals surface area contributed by atoms with Crippen LogP contribution < -0.4 is 5.32 Å². The van der Waals surface area contributed by atoms with E-state index in [0.29, 0.717) is 5.92 Å². The molecule has 0 bridgehead atoms. The van der Waals surface area contributed by atoms with E-state index < -0.39 is 0 Å². The molecule has 108 valence electrons. The molecule has 0 saturated carbocycles. The molecule has 0 aliphatic heterocycles. The van der Waals surface area contributed by atoms with Crippen LogP contribution in [0.4, 0.5) is 5.82 Å². The molecule has 0 atom stereocenters. The van der Waals surface area contributed by atoms with Crippen molar-refractivity contribution in [1.82, 2.24) is 19.5 Å². The van der Waals surface area contributed by atoms with Gasteiger partial charge in [-0.15, -0.1) is 0 Å². The first-order valence-corrected chi connectivity index (χ1v) is 7.20. The summed E-state index contributed by atoms with van der Waals surface area (Å²) in [5.74, 6) is 2.18. The third-order valence-electron chi connectivity index (χ3n) is 3.06. The molecule has 0 saturated heterocycles. The largest absolute Gasteiger partial charge is 0.373 e. The van der Waals surface area contributed by atoms with Crippen molar-refractivity contribution in [2.24, 2.45) is 5.92 Å². The van der Waals surface area contributed by atoms with Gasteiger partial charge >= 0.3 is 0 Å². The molecule has 5 heteroatoms. The highest BCUT2D eigenvalue weighted by Gasteiger charge is 2.11. The van der Waals surface area contributed by atoms with E-state index in [0.717, 1.165) is 42.4 Å². The smallest absolute Gasteiger partial charge is 0.180 e. The molecule has 0 fully saturated rings. The van der Waals surface area contributed by atoms with Gasteiger partial charge in [0.2, 0.25) is 0 Å². The van der Waals surface area contributed by atoms with Gasteiger partial charge in [0, 0.05) is 25.4 Å². The van der Waals surface area contributed by atoms with Gasteiger partial charge in [0.05, 0.1) is 12.5 Å². The Morgan fingerprint density at radius 2 is 2.10 bits per heavy atom. The maximum Gasteiger partial charge on any atom is 0.180 e. The van der Waals surface area contributed by atoms with Gasteiger partial charge < -0.3 is 9.88 Å². The summed E-state index contributed by atoms with van der Waals surface area (Å²) in [5.41, 5.74) is 2.05. The van der Waals surface area contributed by atoms with Gasteiger partial charge in [-0.05, 0) is 18.8 Å². The summed E-state index contributed by atoms with van der Waals surface area (Å²) in [5, 5.41) is 3.11. The Kier molecular flexibility index (Phi) is 4.71. The number of hydrogen-bond donors (Lipinski definition) is 1. The van der Waals surface area contributed by atoms with Gasteiger partial charge in [0.25, 0.3) is 0 Å². The number of aryl methyl sites for hydroxylation is 1. The molecule has 0 radical (unpaired) electrons. The van der Waals surface area contributed by atoms with Crippen LogP contribution in [0, 0.1) is 5.92 Å². The van der Waals surface area contributed by atoms with Crippen LogP contribution in [0.2, 0.25) is 0 Å². The van der Waals surface area contributed by atoms with Crippen molar-refractivity contribution >= 4 is 5.82 Å². The predicted octanol–water partition coefficient (Wildman–Crippen LogP) is 2.99. The first-order valence-electron chi connectivity index (χ1n) is 7.20. The zero-order chi connectivity index (χ0) is 14.5. The second kappa shape index (κ2) is 6.50. The summed E-state index contributed by atoms with van der Waals surface area (Å²) >= 11 is 0. The van der Waals surface area contributed by atoms with Crippen molar-refractivity contribution in [3.05, 3.63) is 24.3 Å². The monoisotopic (exact) mass is 273 g/mol. The zero-order valence-corrected chi connectivity index (χ0v) is 12.7. The lowest BCUT2D eigenvalue weighted by molar-refractivity contribution is 0.633. The zero-order valence-electron chi connectivity index (χ0n) is 12.7. The molecule has 1 N–H and O–H groups in total. The highest BCUT2D eigenvalue weighted by Crippen LogP contribution is 2.19. The summed E-state index contributed by atoms with van der Waals surface area (Å²) in [6.07, 6.45) is 5.69. The van der Waals surface area contributed by atoms with Crippen molar-refractivity contribution in [3.8, 4) is 11.5 Å². The Hall–Kier alpha value is -1.91. The molecule has 0 amide bonds. The molecule has 0 spiro atoms. The van der Waals surface area contributed by atoms with Crippen LogP contribution in [0.1, 0.15) is 32.9 Å². The summed E-state index contributed by atoms with van der Waals surface area (Å²) < 4.78 is 2.11. The maximum absolute atomic E-state index is 4.69. The van der Waals surface area contributed by atoms with Gasteiger partial charge in [0.15, 0.2) is 5.82 Å². The molecule has 0 aliphatic rings. The van der Waals surface area contributed by atoms with Gasteiger partial charge in [-0.25, -0.2) is 15.0 Å². The van der Waals surface area contributed by atoms with Crippen LogP contribution in [0.15, 0.2) is 18.6 Å². The number of aromatic nitrogens is 4. The first-order chi connectivity index (χ1) is 9.63. The van der Waals surface area contributed by atoms with Crippen LogP contribution in [0.25, 0.3) is 11.5 Å². The second-order valence-corrected chi connectivity index (χ2v) is 5.39. The minimum Gasteiger partial charge on any atom is -0.373 e. The van der Waals surface area contributed by atoms with Gasteiger partial charge in [-0.3, -0.25) is 0 Å². The lowest BCUT2D eigenvalue weighted by Crippen LogP contribution is -2.06. The van der Waals surface area contributed by atoms with Crippen LogP contribution >= 0.6 is 0 Å². The third kappa shape index (κ3) is 3.35. The standard InChI is InChI=1S/C15H23N5/c1-5-6-20-10-17-9-13(20)15-18-12(7-11(2)3)8-14(16-4)19-15/h8-11H,5-7H2,1-4H3,(H,16,18,19). The van der Waals surface area contributed by atoms with E-state index in [9.17, 15) is 0 Å². The van der Waals surface area contributed by atoms with Crippen molar-refractivity contribution in [2.45, 2.75) is 40.2 Å². The van der Waals surface area contributed by atoms with Gasteiger partial charge in [-0.1, -0.05) is 20.8 Å². The molecule has 0 unspecified atom stereocenters. The van der Waals surface area contributed by atoms with Crippen molar-refractivity contribution < 1.29 is 0 Å². The molecule has 2 heterocycles. The summed E-state index contributed by atoms with van der Waals surface area (Å²) in [6.45, 7) is 7.48. The van der Waals surface area contributed by atoms with E-state index in [1.54, 1.807) is 0 Å². The molecule has 2 aromatic heterocycles. The van der Waals surface area contributed by atoms with E-state index in [-0.39, 0.29) is 0 Å². The van der Waals surface area contributed by atoms with Crippen LogP contribution in [0.5, 0.6) is 0 Å². The van der Waals surface area contributed by atoms with E-state index >= 15 is 0 Å². The topological polar surface area (TPSA) is 55.6 Å². The fourth-order valence-corrected chi connectivity index (χ4v) is 2.19. The van der Waals surface area contributed by atoms with Crippen molar-refractivity contribution in [2.75, 3.05) is 12.4 Å². The maximum atomic E-state index is 4.69. The minimum atomic E-state index is 0.572. The van der Waals surface area contributed by atoms with Gasteiger partial charge in [0.1, 0.15) is 11.5 Å². The third-order valence-corrected chi connectivity index (χ3v) is 3.06. The van der Waals surface area contributed by atoms with Crippen molar-refractivity contribution in [1.29, 1.82) is 0 Å². The number of nitrogens with zero attached hydrogens (tertiary/aromatic N) is 4. The Morgan fingerprint density at radius 1 is 1.30 bits per heavy atom. The Morgan fingerprint density at radius 3 is 2.75 bits per heavy atom. The summed E-state index contributed by atoms with van der Waals surface area (Å²) in [7, 11) is 1.88. The van der Waals surface area contributed by atoms with E-state index in [1.807, 2.05) is 25.6 Å². The van der Waals surface area contributed by atoms with Crippen molar-refractivity contribution in [3.63, 3.8) is 0 Å². The lowest BCUT2D eigenvalue weighted by atomic mass is 10.1. The highest BCUT2D eigenvalue weighted by atomic mass is 15.1. The van der Waals surface area contributed by atoms with Gasteiger partial charge in [-0.2, -0.15) is 0 Å². The van der Waals surface area contributed by atoms with Crippen LogP contribution in [-0.4, -0.2) is 26.6 Å². The number of hydrogen-bond acceptors (Lipinski definition) is 4. The molecule has 2 aromatic rings. The Bertz CT molecular complexity index is 559. The molecule has 0 aliphatic carbocycles. The normalized spacial score (nSPS) is 11.1. The first kappa shape index (κ1) is 14.5. The fraction of sp³-hybridized carbons (Fsp3) is 0.533. The number of nitrogens with one attached hydrogen (secondary N) is 1. The second-order valence-electron chi connectivity index (χ2n) is 5.39. The minimum absolute atomic E-state index is 0.572. The van der Waals surface area contributed by atoms with E-state index in [2.05, 4.69) is 40.6 Å². The number of imidazole rings is 1. The number of anilines is 1. The average molecular weight is 273 g/mol.